The van der Waals surface area contributed by atoms with Crippen LogP contribution in [0.15, 0.2) is 0 Å². The van der Waals surface area contributed by atoms with Crippen LogP contribution >= 0.6 is 0 Å². The van der Waals surface area contributed by atoms with E-state index in [2.05, 4.69) is 6.92 Å². The summed E-state index contributed by atoms with van der Waals surface area (Å²) in [6.07, 6.45) is 2.17. The molecule has 0 saturated carbocycles. The summed E-state index contributed by atoms with van der Waals surface area (Å²) in [5.41, 5.74) is 4.66. The summed E-state index contributed by atoms with van der Waals surface area (Å²) in [5.74, 6) is 0.152. The summed E-state index contributed by atoms with van der Waals surface area (Å²) >= 11 is 0. The van der Waals surface area contributed by atoms with Crippen LogP contribution in [-0.4, -0.2) is 59.6 Å². The molecule has 126 valence electrons. The van der Waals surface area contributed by atoms with Crippen molar-refractivity contribution in [1.29, 1.82) is 0 Å². The number of rotatable bonds is 2. The Hall–Kier alpha value is -1.30. The average molecular weight is 311 g/mol. The molecular weight excluding hydrogens is 282 g/mol. The van der Waals surface area contributed by atoms with Crippen LogP contribution in [0.1, 0.15) is 47.0 Å². The number of ether oxygens (including phenoxy) is 1. The molecule has 0 bridgehead atoms. The van der Waals surface area contributed by atoms with Crippen LogP contribution in [0.2, 0.25) is 0 Å². The van der Waals surface area contributed by atoms with Crippen LogP contribution in [0.3, 0.4) is 0 Å². The van der Waals surface area contributed by atoms with E-state index in [1.807, 2.05) is 25.7 Å². The van der Waals surface area contributed by atoms with Gasteiger partial charge in [-0.1, -0.05) is 0 Å². The van der Waals surface area contributed by atoms with Gasteiger partial charge in [-0.2, -0.15) is 0 Å². The van der Waals surface area contributed by atoms with Crippen LogP contribution < -0.4 is 5.73 Å². The molecule has 1 spiro atoms. The van der Waals surface area contributed by atoms with E-state index in [0.717, 1.165) is 19.3 Å². The average Bonchev–Trinajstić information content (AvgIpc) is 2.62. The first-order valence-corrected chi connectivity index (χ1v) is 8.18. The highest BCUT2D eigenvalue weighted by Crippen LogP contribution is 2.43. The van der Waals surface area contributed by atoms with Gasteiger partial charge < -0.3 is 20.3 Å². The minimum absolute atomic E-state index is 0.152. The van der Waals surface area contributed by atoms with Gasteiger partial charge in [0.15, 0.2) is 0 Å². The molecule has 0 aromatic carbocycles. The van der Waals surface area contributed by atoms with Gasteiger partial charge in [0.25, 0.3) is 0 Å². The van der Waals surface area contributed by atoms with E-state index in [4.69, 9.17) is 10.5 Å². The highest BCUT2D eigenvalue weighted by Gasteiger charge is 2.52. The third-order valence-electron chi connectivity index (χ3n) is 4.53. The first-order chi connectivity index (χ1) is 10.2. The molecule has 2 fully saturated rings. The topological polar surface area (TPSA) is 75.9 Å². The maximum atomic E-state index is 12.8. The first-order valence-electron chi connectivity index (χ1n) is 8.18. The van der Waals surface area contributed by atoms with Crippen LogP contribution in [0.4, 0.5) is 4.79 Å². The molecule has 2 unspecified atom stereocenters. The molecule has 2 amide bonds. The molecule has 22 heavy (non-hydrogen) atoms. The zero-order chi connectivity index (χ0) is 16.5. The number of carbonyl (C=O) groups excluding carboxylic acids is 2. The molecule has 2 rings (SSSR count). The summed E-state index contributed by atoms with van der Waals surface area (Å²) in [6, 6.07) is 0.189. The van der Waals surface area contributed by atoms with Crippen molar-refractivity contribution in [3.05, 3.63) is 0 Å². The minimum Gasteiger partial charge on any atom is -0.444 e. The lowest BCUT2D eigenvalue weighted by Crippen LogP contribution is -2.51. The quantitative estimate of drug-likeness (QED) is 0.840. The summed E-state index contributed by atoms with van der Waals surface area (Å²) in [4.78, 5) is 28.7. The monoisotopic (exact) mass is 311 g/mol. The number of amides is 2. The molecule has 2 saturated heterocycles. The molecule has 0 aromatic heterocycles. The number of nitrogens with zero attached hydrogens (tertiary/aromatic N) is 2. The van der Waals surface area contributed by atoms with E-state index in [1.165, 1.54) is 0 Å². The number of hydrogen-bond donors (Lipinski definition) is 1. The van der Waals surface area contributed by atoms with E-state index >= 15 is 0 Å². The fraction of sp³-hybridized carbons (Fsp3) is 0.875. The lowest BCUT2D eigenvalue weighted by molar-refractivity contribution is -0.139. The normalized spacial score (nSPS) is 29.3. The minimum atomic E-state index is -0.514. The van der Waals surface area contributed by atoms with Crippen LogP contribution in [-0.2, 0) is 9.53 Å². The highest BCUT2D eigenvalue weighted by molar-refractivity contribution is 5.86. The van der Waals surface area contributed by atoms with E-state index in [9.17, 15) is 9.59 Å². The van der Waals surface area contributed by atoms with Crippen molar-refractivity contribution in [3.8, 4) is 0 Å². The second-order valence-corrected chi connectivity index (χ2v) is 7.63. The Labute approximate surface area is 132 Å². The molecule has 2 aliphatic rings. The number of nitrogens with two attached hydrogens (primary N) is 1. The Kier molecular flexibility index (Phi) is 4.70. The predicted octanol–water partition coefficient (Wildman–Crippen LogP) is 1.58. The highest BCUT2D eigenvalue weighted by atomic mass is 16.6. The third-order valence-corrected chi connectivity index (χ3v) is 4.53. The summed E-state index contributed by atoms with van der Waals surface area (Å²) < 4.78 is 5.46. The van der Waals surface area contributed by atoms with Crippen molar-refractivity contribution in [2.75, 3.05) is 26.2 Å². The van der Waals surface area contributed by atoms with Gasteiger partial charge in [0.1, 0.15) is 5.60 Å². The fourth-order valence-electron chi connectivity index (χ4n) is 3.68. The number of carbonyl (C=O) groups is 2. The summed E-state index contributed by atoms with van der Waals surface area (Å²) in [5, 5.41) is 0. The maximum Gasteiger partial charge on any atom is 0.410 e. The molecule has 6 nitrogen and oxygen atoms in total. The van der Waals surface area contributed by atoms with Crippen molar-refractivity contribution in [1.82, 2.24) is 9.80 Å². The van der Waals surface area contributed by atoms with Gasteiger partial charge >= 0.3 is 6.09 Å². The van der Waals surface area contributed by atoms with Gasteiger partial charge in [-0.3, -0.25) is 4.79 Å². The molecule has 6 heteroatoms. The molecule has 0 aromatic rings. The van der Waals surface area contributed by atoms with E-state index < -0.39 is 11.0 Å². The molecule has 0 radical (unpaired) electrons. The zero-order valence-electron chi connectivity index (χ0n) is 14.2. The molecule has 0 aliphatic carbocycles. The van der Waals surface area contributed by atoms with Gasteiger partial charge in [-0.05, 0) is 47.0 Å². The Balaban J connectivity index is 2.10. The van der Waals surface area contributed by atoms with Crippen molar-refractivity contribution in [2.45, 2.75) is 58.6 Å². The Morgan fingerprint density at radius 1 is 1.45 bits per heavy atom. The number of hydrogen-bond acceptors (Lipinski definition) is 4. The Morgan fingerprint density at radius 2 is 2.14 bits per heavy atom. The standard InChI is InChI=1S/C16H29N3O3/c1-12-10-16(13(20)19(12)9-7-17)6-5-8-18(11-16)14(21)22-15(2,3)4/h12H,5-11,17H2,1-4H3. The lowest BCUT2D eigenvalue weighted by Gasteiger charge is -2.39. The van der Waals surface area contributed by atoms with E-state index in [1.54, 1.807) is 4.90 Å². The summed E-state index contributed by atoms with van der Waals surface area (Å²) in [7, 11) is 0. The second-order valence-electron chi connectivity index (χ2n) is 7.63. The zero-order valence-corrected chi connectivity index (χ0v) is 14.2. The maximum absolute atomic E-state index is 12.8. The Morgan fingerprint density at radius 3 is 2.73 bits per heavy atom. The van der Waals surface area contributed by atoms with Crippen molar-refractivity contribution in [2.24, 2.45) is 11.1 Å². The van der Waals surface area contributed by atoms with Gasteiger partial charge in [-0.25, -0.2) is 4.79 Å². The number of piperidine rings is 1. The van der Waals surface area contributed by atoms with Crippen LogP contribution in [0.5, 0.6) is 0 Å². The van der Waals surface area contributed by atoms with Gasteiger partial charge in [-0.15, -0.1) is 0 Å². The molecule has 2 N–H and O–H groups in total. The first kappa shape index (κ1) is 17.1. The third kappa shape index (κ3) is 3.37. The second kappa shape index (κ2) is 6.07. The molecular formula is C16H29N3O3. The van der Waals surface area contributed by atoms with Crippen LogP contribution in [0.25, 0.3) is 0 Å². The van der Waals surface area contributed by atoms with Gasteiger partial charge in [0.2, 0.25) is 5.91 Å². The summed E-state index contributed by atoms with van der Waals surface area (Å²) in [6.45, 7) is 9.83. The lowest BCUT2D eigenvalue weighted by atomic mass is 9.77. The van der Waals surface area contributed by atoms with Crippen molar-refractivity contribution in [3.63, 3.8) is 0 Å². The SMILES string of the molecule is CC1CC2(CCCN(C(=O)OC(C)(C)C)C2)C(=O)N1CCN. The van der Waals surface area contributed by atoms with Crippen molar-refractivity contribution >= 4 is 12.0 Å². The van der Waals surface area contributed by atoms with Gasteiger partial charge in [0, 0.05) is 32.2 Å². The largest absolute Gasteiger partial charge is 0.444 e. The molecule has 2 atom stereocenters. The van der Waals surface area contributed by atoms with Crippen molar-refractivity contribution < 1.29 is 14.3 Å². The van der Waals surface area contributed by atoms with Crippen LogP contribution in [0, 0.1) is 5.41 Å². The molecule has 2 heterocycles. The molecule has 2 aliphatic heterocycles. The fourth-order valence-corrected chi connectivity index (χ4v) is 3.68. The number of likely N-dealkylation sites (tertiary alicyclic amines) is 2. The van der Waals surface area contributed by atoms with Gasteiger partial charge in [0.05, 0.1) is 5.41 Å². The van der Waals surface area contributed by atoms with E-state index in [-0.39, 0.29) is 18.0 Å². The smallest absolute Gasteiger partial charge is 0.410 e. The Bertz CT molecular complexity index is 446. The van der Waals surface area contributed by atoms with E-state index in [0.29, 0.717) is 26.2 Å². The predicted molar refractivity (Wildman–Crippen MR) is 84.3 cm³/mol.